The van der Waals surface area contributed by atoms with Crippen LogP contribution < -0.4 is 0 Å². The summed E-state index contributed by atoms with van der Waals surface area (Å²) in [7, 11) is 1.80. The van der Waals surface area contributed by atoms with Crippen molar-refractivity contribution in [3.8, 4) is 0 Å². The van der Waals surface area contributed by atoms with Crippen molar-refractivity contribution < 1.29 is 14.7 Å². The van der Waals surface area contributed by atoms with E-state index in [2.05, 4.69) is 20.8 Å². The molecule has 0 aliphatic rings. The van der Waals surface area contributed by atoms with E-state index in [-0.39, 0.29) is 17.4 Å². The van der Waals surface area contributed by atoms with E-state index in [1.807, 2.05) is 6.92 Å². The van der Waals surface area contributed by atoms with Gasteiger partial charge in [0.2, 0.25) is 0 Å². The fourth-order valence-electron chi connectivity index (χ4n) is 1.64. The average Bonchev–Trinajstić information content (AvgIpc) is 2.81. The summed E-state index contributed by atoms with van der Waals surface area (Å²) in [5, 5.41) is 8.58. The molecule has 1 rings (SSSR count). The van der Waals surface area contributed by atoms with Crippen molar-refractivity contribution in [1.82, 2.24) is 4.90 Å². The summed E-state index contributed by atoms with van der Waals surface area (Å²) < 4.78 is 0. The highest BCUT2D eigenvalue weighted by Crippen LogP contribution is 2.26. The zero-order chi connectivity index (χ0) is 15.5. The first kappa shape index (κ1) is 16.4. The Hall–Kier alpha value is -1.62. The molecule has 0 saturated heterocycles. The Kier molecular flexibility index (Phi) is 5.11. The van der Waals surface area contributed by atoms with Gasteiger partial charge in [0.15, 0.2) is 0 Å². The molecule has 0 aromatic carbocycles. The number of carbonyl (C=O) groups is 2. The van der Waals surface area contributed by atoms with Gasteiger partial charge in [0.25, 0.3) is 5.91 Å². The van der Waals surface area contributed by atoms with Crippen molar-refractivity contribution in [2.45, 2.75) is 33.7 Å². The molecule has 1 N–H and O–H groups in total. The minimum absolute atomic E-state index is 0.00765. The molecule has 1 unspecified atom stereocenters. The number of nitrogens with zero attached hydrogens (tertiary/aromatic N) is 1. The van der Waals surface area contributed by atoms with Gasteiger partial charge in [-0.25, -0.2) is 4.79 Å². The molecule has 0 fully saturated rings. The molecule has 0 aliphatic carbocycles. The number of rotatable bonds is 4. The zero-order valence-electron chi connectivity index (χ0n) is 12.5. The normalized spacial score (nSPS) is 13.4. The monoisotopic (exact) mass is 295 g/mol. The van der Waals surface area contributed by atoms with Crippen LogP contribution in [0.4, 0.5) is 0 Å². The molecular weight excluding hydrogens is 274 g/mol. The van der Waals surface area contributed by atoms with Crippen LogP contribution in [0.15, 0.2) is 18.2 Å². The van der Waals surface area contributed by atoms with Gasteiger partial charge in [-0.15, -0.1) is 11.3 Å². The number of aliphatic carboxylic acids is 1. The van der Waals surface area contributed by atoms with Crippen molar-refractivity contribution >= 4 is 29.3 Å². The molecule has 20 heavy (non-hydrogen) atoms. The summed E-state index contributed by atoms with van der Waals surface area (Å²) in [5.41, 5.74) is 0.00765. The second-order valence-electron chi connectivity index (χ2n) is 5.83. The highest BCUT2D eigenvalue weighted by molar-refractivity contribution is 7.14. The maximum absolute atomic E-state index is 12.4. The van der Waals surface area contributed by atoms with Crippen LogP contribution in [0.25, 0.3) is 6.08 Å². The van der Waals surface area contributed by atoms with Gasteiger partial charge in [-0.3, -0.25) is 4.79 Å². The maximum atomic E-state index is 12.4. The fourth-order valence-corrected chi connectivity index (χ4v) is 2.53. The van der Waals surface area contributed by atoms with Crippen molar-refractivity contribution in [3.05, 3.63) is 28.0 Å². The summed E-state index contributed by atoms with van der Waals surface area (Å²) in [4.78, 5) is 26.0. The van der Waals surface area contributed by atoms with Crippen molar-refractivity contribution in [3.63, 3.8) is 0 Å². The van der Waals surface area contributed by atoms with E-state index in [4.69, 9.17) is 5.11 Å². The van der Waals surface area contributed by atoms with E-state index in [1.165, 1.54) is 17.4 Å². The topological polar surface area (TPSA) is 57.6 Å². The van der Waals surface area contributed by atoms with Crippen LogP contribution in [0.3, 0.4) is 0 Å². The van der Waals surface area contributed by atoms with Crippen LogP contribution >= 0.6 is 11.3 Å². The Labute approximate surface area is 123 Å². The third kappa shape index (κ3) is 4.20. The summed E-state index contributed by atoms with van der Waals surface area (Å²) >= 11 is 1.30. The van der Waals surface area contributed by atoms with Gasteiger partial charge in [0.1, 0.15) is 0 Å². The van der Waals surface area contributed by atoms with Crippen LogP contribution in [-0.2, 0) is 4.79 Å². The molecule has 0 bridgehead atoms. The Morgan fingerprint density at radius 1 is 1.35 bits per heavy atom. The Bertz CT molecular complexity index is 525. The molecule has 1 heterocycles. The van der Waals surface area contributed by atoms with Gasteiger partial charge < -0.3 is 10.0 Å². The molecule has 4 nitrogen and oxygen atoms in total. The Morgan fingerprint density at radius 2 is 1.95 bits per heavy atom. The van der Waals surface area contributed by atoms with E-state index >= 15 is 0 Å². The SMILES string of the molecule is CC(N(C)C(=O)c1ccc(C=CC(=O)O)s1)C(C)(C)C. The number of carbonyl (C=O) groups excluding carboxylic acids is 1. The summed E-state index contributed by atoms with van der Waals surface area (Å²) in [6, 6.07) is 3.60. The third-order valence-corrected chi connectivity index (χ3v) is 4.42. The lowest BCUT2D eigenvalue weighted by Crippen LogP contribution is -2.42. The minimum Gasteiger partial charge on any atom is -0.478 e. The first-order chi connectivity index (χ1) is 9.12. The van der Waals surface area contributed by atoms with Crippen molar-refractivity contribution in [2.24, 2.45) is 5.41 Å². The standard InChI is InChI=1S/C15H21NO3S/c1-10(15(2,3)4)16(5)14(19)12-8-6-11(20-12)7-9-13(17)18/h6-10H,1-5H3,(H,17,18). The van der Waals surface area contributed by atoms with Crippen LogP contribution in [0.5, 0.6) is 0 Å². The quantitative estimate of drug-likeness (QED) is 0.867. The van der Waals surface area contributed by atoms with Crippen LogP contribution in [0, 0.1) is 5.41 Å². The molecule has 0 radical (unpaired) electrons. The predicted molar refractivity (Wildman–Crippen MR) is 82.0 cm³/mol. The predicted octanol–water partition coefficient (Wildman–Crippen LogP) is 3.35. The fraction of sp³-hybridized carbons (Fsp3) is 0.467. The number of thiophene rings is 1. The molecule has 1 aromatic heterocycles. The molecule has 0 aliphatic heterocycles. The lowest BCUT2D eigenvalue weighted by Gasteiger charge is -2.35. The zero-order valence-corrected chi connectivity index (χ0v) is 13.3. The van der Waals surface area contributed by atoms with Crippen molar-refractivity contribution in [1.29, 1.82) is 0 Å². The molecule has 0 spiro atoms. The van der Waals surface area contributed by atoms with Crippen molar-refractivity contribution in [2.75, 3.05) is 7.05 Å². The van der Waals surface area contributed by atoms with E-state index in [9.17, 15) is 9.59 Å². The number of amides is 1. The maximum Gasteiger partial charge on any atom is 0.328 e. The lowest BCUT2D eigenvalue weighted by molar-refractivity contribution is -0.131. The van der Waals surface area contributed by atoms with E-state index in [1.54, 1.807) is 24.1 Å². The largest absolute Gasteiger partial charge is 0.478 e. The molecular formula is C15H21NO3S. The minimum atomic E-state index is -0.996. The van der Waals surface area contributed by atoms with Gasteiger partial charge >= 0.3 is 5.97 Å². The second kappa shape index (κ2) is 6.22. The van der Waals surface area contributed by atoms with Gasteiger partial charge in [-0.05, 0) is 30.5 Å². The Balaban J connectivity index is 2.86. The molecule has 5 heteroatoms. The number of carboxylic acids is 1. The lowest BCUT2D eigenvalue weighted by atomic mass is 9.87. The van der Waals surface area contributed by atoms with Crippen LogP contribution in [-0.4, -0.2) is 35.0 Å². The third-order valence-electron chi connectivity index (χ3n) is 3.38. The van der Waals surface area contributed by atoms with E-state index in [0.717, 1.165) is 11.0 Å². The second-order valence-corrected chi connectivity index (χ2v) is 6.95. The number of hydrogen-bond acceptors (Lipinski definition) is 3. The highest BCUT2D eigenvalue weighted by atomic mass is 32.1. The van der Waals surface area contributed by atoms with Gasteiger partial charge in [0.05, 0.1) is 4.88 Å². The van der Waals surface area contributed by atoms with Crippen LogP contribution in [0.2, 0.25) is 0 Å². The van der Waals surface area contributed by atoms with Gasteiger partial charge in [0, 0.05) is 24.0 Å². The first-order valence-corrected chi connectivity index (χ1v) is 7.22. The number of hydrogen-bond donors (Lipinski definition) is 1. The summed E-state index contributed by atoms with van der Waals surface area (Å²) in [6.07, 6.45) is 2.57. The molecule has 1 aromatic rings. The number of carboxylic acid groups (broad SMARTS) is 1. The van der Waals surface area contributed by atoms with Crippen LogP contribution in [0.1, 0.15) is 42.2 Å². The highest BCUT2D eigenvalue weighted by Gasteiger charge is 2.28. The first-order valence-electron chi connectivity index (χ1n) is 6.41. The van der Waals surface area contributed by atoms with E-state index < -0.39 is 5.97 Å². The Morgan fingerprint density at radius 3 is 2.45 bits per heavy atom. The van der Waals surface area contributed by atoms with Gasteiger partial charge in [-0.1, -0.05) is 20.8 Å². The summed E-state index contributed by atoms with van der Waals surface area (Å²) in [5.74, 6) is -1.03. The van der Waals surface area contributed by atoms with E-state index in [0.29, 0.717) is 4.88 Å². The molecule has 0 saturated carbocycles. The van der Waals surface area contributed by atoms with Gasteiger partial charge in [-0.2, -0.15) is 0 Å². The molecule has 1 amide bonds. The summed E-state index contributed by atoms with van der Waals surface area (Å²) in [6.45, 7) is 8.31. The average molecular weight is 295 g/mol. The molecule has 110 valence electrons. The molecule has 1 atom stereocenters. The smallest absolute Gasteiger partial charge is 0.328 e.